The average Bonchev–Trinajstić information content (AvgIpc) is 2.99. The number of nitrogens with one attached hydrogen (secondary N) is 1. The zero-order valence-electron chi connectivity index (χ0n) is 9.83. The van der Waals surface area contributed by atoms with E-state index in [9.17, 15) is 0 Å². The lowest BCUT2D eigenvalue weighted by Gasteiger charge is -2.35. The van der Waals surface area contributed by atoms with Gasteiger partial charge in [0.25, 0.3) is 0 Å². The smallest absolute Gasteiger partial charge is 0.223 e. The summed E-state index contributed by atoms with van der Waals surface area (Å²) in [6.07, 6.45) is 6.36. The lowest BCUT2D eigenvalue weighted by Crippen LogP contribution is -2.41. The Hall–Kier alpha value is -0.900. The molecule has 1 aromatic rings. The van der Waals surface area contributed by atoms with Crippen molar-refractivity contribution in [3.05, 3.63) is 11.7 Å². The van der Waals surface area contributed by atoms with E-state index >= 15 is 0 Å². The van der Waals surface area contributed by atoms with Gasteiger partial charge in [-0.05, 0) is 38.3 Å². The van der Waals surface area contributed by atoms with Crippen molar-refractivity contribution >= 4 is 0 Å². The fourth-order valence-electron chi connectivity index (χ4n) is 2.81. The Labute approximate surface area is 95.8 Å². The molecule has 1 aliphatic heterocycles. The van der Waals surface area contributed by atoms with Crippen LogP contribution in [0.5, 0.6) is 0 Å². The highest BCUT2D eigenvalue weighted by molar-refractivity contribution is 5.10. The van der Waals surface area contributed by atoms with Crippen LogP contribution in [0.15, 0.2) is 4.52 Å². The third-order valence-electron chi connectivity index (χ3n) is 3.94. The average molecular weight is 221 g/mol. The molecule has 88 valence electrons. The summed E-state index contributed by atoms with van der Waals surface area (Å²) in [4.78, 5) is 4.48. The predicted molar refractivity (Wildman–Crippen MR) is 60.2 cm³/mol. The van der Waals surface area contributed by atoms with Gasteiger partial charge in [-0.3, -0.25) is 0 Å². The van der Waals surface area contributed by atoms with Crippen LogP contribution >= 0.6 is 0 Å². The largest absolute Gasteiger partial charge is 0.340 e. The minimum absolute atomic E-state index is 0.199. The van der Waals surface area contributed by atoms with E-state index in [2.05, 4.69) is 15.5 Å². The molecule has 4 heteroatoms. The van der Waals surface area contributed by atoms with Crippen molar-refractivity contribution in [2.24, 2.45) is 5.92 Å². The van der Waals surface area contributed by atoms with E-state index in [4.69, 9.17) is 4.52 Å². The van der Waals surface area contributed by atoms with Gasteiger partial charge < -0.3 is 9.84 Å². The van der Waals surface area contributed by atoms with Gasteiger partial charge in [0.2, 0.25) is 5.89 Å². The van der Waals surface area contributed by atoms with Crippen molar-refractivity contribution in [3.63, 3.8) is 0 Å². The maximum absolute atomic E-state index is 5.16. The number of rotatable bonds is 3. The maximum Gasteiger partial charge on any atom is 0.223 e. The zero-order valence-corrected chi connectivity index (χ0v) is 9.83. The maximum atomic E-state index is 5.16. The first-order valence-corrected chi connectivity index (χ1v) is 6.30. The number of aromatic nitrogens is 2. The van der Waals surface area contributed by atoms with Crippen LogP contribution in [0.4, 0.5) is 0 Å². The van der Waals surface area contributed by atoms with Gasteiger partial charge in [-0.25, -0.2) is 0 Å². The molecule has 0 amide bonds. The summed E-state index contributed by atoms with van der Waals surface area (Å²) < 4.78 is 5.16. The van der Waals surface area contributed by atoms with Gasteiger partial charge in [-0.2, -0.15) is 4.98 Å². The molecule has 0 spiro atoms. The van der Waals surface area contributed by atoms with Crippen molar-refractivity contribution in [3.8, 4) is 0 Å². The SMILES string of the molecule is Cc1nc(C2(CC3CC3)CCNCC2)no1. The first-order chi connectivity index (χ1) is 7.78. The highest BCUT2D eigenvalue weighted by Crippen LogP contribution is 2.45. The van der Waals surface area contributed by atoms with E-state index in [1.54, 1.807) is 0 Å². The van der Waals surface area contributed by atoms with E-state index in [0.29, 0.717) is 5.89 Å². The fraction of sp³-hybridized carbons (Fsp3) is 0.833. The van der Waals surface area contributed by atoms with E-state index in [-0.39, 0.29) is 5.41 Å². The van der Waals surface area contributed by atoms with Crippen molar-refractivity contribution in [1.82, 2.24) is 15.5 Å². The second-order valence-corrected chi connectivity index (χ2v) is 5.31. The van der Waals surface area contributed by atoms with Crippen LogP contribution in [0.2, 0.25) is 0 Å². The molecular formula is C12H19N3O. The lowest BCUT2D eigenvalue weighted by molar-refractivity contribution is 0.250. The minimum atomic E-state index is 0.199. The highest BCUT2D eigenvalue weighted by Gasteiger charge is 2.42. The van der Waals surface area contributed by atoms with Crippen molar-refractivity contribution in [1.29, 1.82) is 0 Å². The molecule has 2 fully saturated rings. The summed E-state index contributed by atoms with van der Waals surface area (Å²) in [5.74, 6) is 2.57. The van der Waals surface area contributed by atoms with Crippen LogP contribution in [-0.2, 0) is 5.41 Å². The van der Waals surface area contributed by atoms with Crippen LogP contribution in [0.25, 0.3) is 0 Å². The third kappa shape index (κ3) is 1.86. The Balaban J connectivity index is 1.86. The third-order valence-corrected chi connectivity index (χ3v) is 3.94. The van der Waals surface area contributed by atoms with Crippen LogP contribution < -0.4 is 5.32 Å². The Morgan fingerprint density at radius 1 is 1.38 bits per heavy atom. The first kappa shape index (κ1) is 10.3. The minimum Gasteiger partial charge on any atom is -0.340 e. The molecule has 0 unspecified atom stereocenters. The number of hydrogen-bond acceptors (Lipinski definition) is 4. The molecule has 2 aliphatic rings. The number of aryl methyl sites for hydroxylation is 1. The molecule has 0 aromatic carbocycles. The van der Waals surface area contributed by atoms with Gasteiger partial charge in [0.1, 0.15) is 0 Å². The zero-order chi connectivity index (χ0) is 11.0. The van der Waals surface area contributed by atoms with Crippen LogP contribution in [0.1, 0.15) is 43.8 Å². The molecule has 3 rings (SSSR count). The van der Waals surface area contributed by atoms with Gasteiger partial charge in [0.15, 0.2) is 5.82 Å². The molecule has 1 saturated carbocycles. The monoisotopic (exact) mass is 221 g/mol. The quantitative estimate of drug-likeness (QED) is 0.845. The molecule has 1 aliphatic carbocycles. The summed E-state index contributed by atoms with van der Waals surface area (Å²) in [5.41, 5.74) is 0.199. The molecular weight excluding hydrogens is 202 g/mol. The second-order valence-electron chi connectivity index (χ2n) is 5.31. The van der Waals surface area contributed by atoms with Gasteiger partial charge >= 0.3 is 0 Å². The molecule has 1 aromatic heterocycles. The standard InChI is InChI=1S/C12H19N3O/c1-9-14-11(15-16-9)12(8-10-2-3-10)4-6-13-7-5-12/h10,13H,2-8H2,1H3. The second kappa shape index (κ2) is 3.84. The van der Waals surface area contributed by atoms with Gasteiger partial charge in [0, 0.05) is 12.3 Å². The van der Waals surface area contributed by atoms with E-state index < -0.39 is 0 Å². The lowest BCUT2D eigenvalue weighted by atomic mass is 9.74. The molecule has 1 N–H and O–H groups in total. The summed E-state index contributed by atoms with van der Waals surface area (Å²) >= 11 is 0. The van der Waals surface area contributed by atoms with Gasteiger partial charge in [-0.15, -0.1) is 0 Å². The molecule has 4 nitrogen and oxygen atoms in total. The summed E-state index contributed by atoms with van der Waals surface area (Å²) in [6, 6.07) is 0. The first-order valence-electron chi connectivity index (χ1n) is 6.30. The molecule has 2 heterocycles. The van der Waals surface area contributed by atoms with E-state index in [1.807, 2.05) is 6.92 Å². The molecule has 0 atom stereocenters. The Bertz CT molecular complexity index is 364. The normalized spacial score (nSPS) is 24.6. The fourth-order valence-corrected chi connectivity index (χ4v) is 2.81. The Morgan fingerprint density at radius 2 is 2.12 bits per heavy atom. The number of nitrogens with zero attached hydrogens (tertiary/aromatic N) is 2. The van der Waals surface area contributed by atoms with Crippen LogP contribution in [0, 0.1) is 12.8 Å². The Morgan fingerprint density at radius 3 is 2.69 bits per heavy atom. The summed E-state index contributed by atoms with van der Waals surface area (Å²) in [5, 5.41) is 7.60. The Kier molecular flexibility index (Phi) is 2.46. The summed E-state index contributed by atoms with van der Waals surface area (Å²) in [6.45, 7) is 4.04. The van der Waals surface area contributed by atoms with Crippen molar-refractivity contribution < 1.29 is 4.52 Å². The van der Waals surface area contributed by atoms with Crippen molar-refractivity contribution in [2.75, 3.05) is 13.1 Å². The topological polar surface area (TPSA) is 51.0 Å². The molecule has 16 heavy (non-hydrogen) atoms. The van der Waals surface area contributed by atoms with E-state index in [1.165, 1.54) is 19.3 Å². The van der Waals surface area contributed by atoms with Crippen molar-refractivity contribution in [2.45, 2.75) is 44.4 Å². The molecule has 0 bridgehead atoms. The van der Waals surface area contributed by atoms with Gasteiger partial charge in [0.05, 0.1) is 0 Å². The molecule has 0 radical (unpaired) electrons. The molecule has 1 saturated heterocycles. The van der Waals surface area contributed by atoms with E-state index in [0.717, 1.165) is 37.7 Å². The number of piperidine rings is 1. The highest BCUT2D eigenvalue weighted by atomic mass is 16.5. The summed E-state index contributed by atoms with van der Waals surface area (Å²) in [7, 11) is 0. The number of hydrogen-bond donors (Lipinski definition) is 1. The van der Waals surface area contributed by atoms with Gasteiger partial charge in [-0.1, -0.05) is 18.0 Å². The predicted octanol–water partition coefficient (Wildman–Crippen LogP) is 1.80. The van der Waals surface area contributed by atoms with Crippen LogP contribution in [0.3, 0.4) is 0 Å². The van der Waals surface area contributed by atoms with Crippen LogP contribution in [-0.4, -0.2) is 23.2 Å².